The Labute approximate surface area is 84.6 Å². The van der Waals surface area contributed by atoms with Crippen LogP contribution in [0.4, 0.5) is 0 Å². The lowest BCUT2D eigenvalue weighted by Gasteiger charge is -2.17. The first-order valence-electron chi connectivity index (χ1n) is 5.18. The van der Waals surface area contributed by atoms with Crippen LogP contribution in [0.15, 0.2) is 0 Å². The van der Waals surface area contributed by atoms with E-state index in [1.54, 1.807) is 0 Å². The van der Waals surface area contributed by atoms with Gasteiger partial charge in [-0.15, -0.1) is 0 Å². The summed E-state index contributed by atoms with van der Waals surface area (Å²) in [6, 6.07) is -0.221. The van der Waals surface area contributed by atoms with E-state index >= 15 is 0 Å². The summed E-state index contributed by atoms with van der Waals surface area (Å²) in [6.45, 7) is 2.38. The molecule has 0 heterocycles. The standard InChI is InChI=1S/C10H19NO3/c1-3-8(12)6-11-9(7-4-5-7)10(13)14-2/h7-9,11-12H,3-6H2,1-2H3. The van der Waals surface area contributed by atoms with Gasteiger partial charge in [-0.25, -0.2) is 0 Å². The highest BCUT2D eigenvalue weighted by Crippen LogP contribution is 2.33. The van der Waals surface area contributed by atoms with Crippen LogP contribution in [0.25, 0.3) is 0 Å². The molecule has 2 atom stereocenters. The van der Waals surface area contributed by atoms with Crippen molar-refractivity contribution >= 4 is 5.97 Å². The van der Waals surface area contributed by atoms with Crippen LogP contribution >= 0.6 is 0 Å². The summed E-state index contributed by atoms with van der Waals surface area (Å²) in [5.41, 5.74) is 0. The molecular formula is C10H19NO3. The lowest BCUT2D eigenvalue weighted by Crippen LogP contribution is -2.43. The third-order valence-corrected chi connectivity index (χ3v) is 2.59. The summed E-state index contributed by atoms with van der Waals surface area (Å²) in [4.78, 5) is 11.3. The number of carbonyl (C=O) groups excluding carboxylic acids is 1. The van der Waals surface area contributed by atoms with Crippen molar-refractivity contribution in [2.24, 2.45) is 5.92 Å². The SMILES string of the molecule is CCC(O)CNC(C(=O)OC)C1CC1. The van der Waals surface area contributed by atoms with Crippen LogP contribution in [0.1, 0.15) is 26.2 Å². The maximum Gasteiger partial charge on any atom is 0.323 e. The third-order valence-electron chi connectivity index (χ3n) is 2.59. The zero-order valence-electron chi connectivity index (χ0n) is 8.82. The molecule has 0 amide bonds. The Hall–Kier alpha value is -0.610. The molecule has 0 bridgehead atoms. The zero-order valence-corrected chi connectivity index (χ0v) is 8.82. The molecule has 2 N–H and O–H groups in total. The van der Waals surface area contributed by atoms with Crippen molar-refractivity contribution in [3.63, 3.8) is 0 Å². The van der Waals surface area contributed by atoms with Crippen molar-refractivity contribution in [2.75, 3.05) is 13.7 Å². The maximum atomic E-state index is 11.3. The molecule has 82 valence electrons. The molecule has 0 aliphatic heterocycles. The van der Waals surface area contributed by atoms with Crippen LogP contribution in [0.5, 0.6) is 0 Å². The minimum Gasteiger partial charge on any atom is -0.468 e. The molecule has 0 spiro atoms. The van der Waals surface area contributed by atoms with Gasteiger partial charge in [0.05, 0.1) is 13.2 Å². The Balaban J connectivity index is 2.32. The molecule has 0 aromatic heterocycles. The van der Waals surface area contributed by atoms with Crippen molar-refractivity contribution in [2.45, 2.75) is 38.3 Å². The van der Waals surface area contributed by atoms with Gasteiger partial charge in [0.2, 0.25) is 0 Å². The average molecular weight is 201 g/mol. The quantitative estimate of drug-likeness (QED) is 0.607. The first-order valence-corrected chi connectivity index (χ1v) is 5.18. The maximum absolute atomic E-state index is 11.3. The number of aliphatic hydroxyl groups excluding tert-OH is 1. The Morgan fingerprint density at radius 3 is 2.71 bits per heavy atom. The first kappa shape index (κ1) is 11.5. The van der Waals surface area contributed by atoms with Gasteiger partial charge in [-0.05, 0) is 25.2 Å². The van der Waals surface area contributed by atoms with Crippen LogP contribution in [-0.2, 0) is 9.53 Å². The second-order valence-corrected chi connectivity index (χ2v) is 3.81. The van der Waals surface area contributed by atoms with Crippen LogP contribution < -0.4 is 5.32 Å². The Kier molecular flexibility index (Phi) is 4.35. The van der Waals surface area contributed by atoms with Crippen LogP contribution in [-0.4, -0.2) is 36.9 Å². The van der Waals surface area contributed by atoms with Gasteiger partial charge in [0.1, 0.15) is 6.04 Å². The minimum absolute atomic E-state index is 0.212. The van der Waals surface area contributed by atoms with E-state index in [0.717, 1.165) is 12.8 Å². The Morgan fingerprint density at radius 2 is 2.29 bits per heavy atom. The van der Waals surface area contributed by atoms with E-state index in [4.69, 9.17) is 4.74 Å². The number of methoxy groups -OCH3 is 1. The number of ether oxygens (including phenoxy) is 1. The van der Waals surface area contributed by atoms with E-state index in [1.165, 1.54) is 7.11 Å². The molecule has 0 saturated heterocycles. The fourth-order valence-corrected chi connectivity index (χ4v) is 1.41. The number of hydrogen-bond acceptors (Lipinski definition) is 4. The van der Waals surface area contributed by atoms with Gasteiger partial charge in [0, 0.05) is 6.54 Å². The van der Waals surface area contributed by atoms with Crippen molar-refractivity contribution in [3.05, 3.63) is 0 Å². The van der Waals surface area contributed by atoms with E-state index in [1.807, 2.05) is 6.92 Å². The molecule has 2 unspecified atom stereocenters. The lowest BCUT2D eigenvalue weighted by atomic mass is 10.1. The molecule has 0 aromatic rings. The zero-order chi connectivity index (χ0) is 10.6. The highest BCUT2D eigenvalue weighted by Gasteiger charge is 2.36. The van der Waals surface area contributed by atoms with E-state index < -0.39 is 0 Å². The summed E-state index contributed by atoms with van der Waals surface area (Å²) >= 11 is 0. The summed E-state index contributed by atoms with van der Waals surface area (Å²) in [5, 5.41) is 12.4. The van der Waals surface area contributed by atoms with Crippen molar-refractivity contribution in [1.29, 1.82) is 0 Å². The Morgan fingerprint density at radius 1 is 1.64 bits per heavy atom. The number of esters is 1. The predicted molar refractivity (Wildman–Crippen MR) is 52.8 cm³/mol. The molecule has 4 nitrogen and oxygen atoms in total. The van der Waals surface area contributed by atoms with Gasteiger partial charge >= 0.3 is 5.97 Å². The van der Waals surface area contributed by atoms with Crippen LogP contribution in [0.3, 0.4) is 0 Å². The fourth-order valence-electron chi connectivity index (χ4n) is 1.41. The van der Waals surface area contributed by atoms with E-state index in [-0.39, 0.29) is 18.1 Å². The molecule has 4 heteroatoms. The molecule has 1 fully saturated rings. The highest BCUT2D eigenvalue weighted by atomic mass is 16.5. The topological polar surface area (TPSA) is 58.6 Å². The third kappa shape index (κ3) is 3.27. The molecule has 1 rings (SSSR count). The Bertz CT molecular complexity index is 192. The second kappa shape index (κ2) is 5.32. The normalized spacial score (nSPS) is 20.2. The van der Waals surface area contributed by atoms with Crippen molar-refractivity contribution in [3.8, 4) is 0 Å². The van der Waals surface area contributed by atoms with Crippen molar-refractivity contribution < 1.29 is 14.6 Å². The van der Waals surface area contributed by atoms with Crippen molar-refractivity contribution in [1.82, 2.24) is 5.32 Å². The van der Waals surface area contributed by atoms with Gasteiger partial charge in [0.15, 0.2) is 0 Å². The summed E-state index contributed by atoms with van der Waals surface area (Å²) in [5.74, 6) is 0.197. The molecule has 1 aliphatic rings. The van der Waals surface area contributed by atoms with Gasteiger partial charge in [0.25, 0.3) is 0 Å². The molecular weight excluding hydrogens is 182 g/mol. The van der Waals surface area contributed by atoms with Gasteiger partial charge in [-0.3, -0.25) is 4.79 Å². The molecule has 0 aromatic carbocycles. The number of hydrogen-bond donors (Lipinski definition) is 2. The molecule has 14 heavy (non-hydrogen) atoms. The van der Waals surface area contributed by atoms with Gasteiger partial charge in [-0.2, -0.15) is 0 Å². The van der Waals surface area contributed by atoms with Gasteiger partial charge in [-0.1, -0.05) is 6.92 Å². The van der Waals surface area contributed by atoms with E-state index in [2.05, 4.69) is 5.32 Å². The average Bonchev–Trinajstić information content (AvgIpc) is 3.01. The number of aliphatic hydroxyl groups is 1. The van der Waals surface area contributed by atoms with Gasteiger partial charge < -0.3 is 15.2 Å². The first-order chi connectivity index (χ1) is 6.69. The molecule has 0 radical (unpaired) electrons. The summed E-state index contributed by atoms with van der Waals surface area (Å²) < 4.78 is 4.70. The van der Waals surface area contributed by atoms with E-state index in [9.17, 15) is 9.90 Å². The lowest BCUT2D eigenvalue weighted by molar-refractivity contribution is -0.143. The number of carbonyl (C=O) groups is 1. The van der Waals surface area contributed by atoms with E-state index in [0.29, 0.717) is 18.9 Å². The fraction of sp³-hybridized carbons (Fsp3) is 0.900. The number of nitrogens with one attached hydrogen (secondary N) is 1. The second-order valence-electron chi connectivity index (χ2n) is 3.81. The molecule has 1 saturated carbocycles. The van der Waals surface area contributed by atoms with Crippen LogP contribution in [0, 0.1) is 5.92 Å². The molecule has 1 aliphatic carbocycles. The summed E-state index contributed by atoms with van der Waals surface area (Å²) in [7, 11) is 1.40. The predicted octanol–water partition coefficient (Wildman–Crippen LogP) is 0.298. The monoisotopic (exact) mass is 201 g/mol. The number of rotatable bonds is 6. The smallest absolute Gasteiger partial charge is 0.323 e. The highest BCUT2D eigenvalue weighted by molar-refractivity contribution is 5.76. The largest absolute Gasteiger partial charge is 0.468 e. The minimum atomic E-state index is -0.374. The summed E-state index contributed by atoms with van der Waals surface area (Å²) in [6.07, 6.45) is 2.48. The van der Waals surface area contributed by atoms with Crippen LogP contribution in [0.2, 0.25) is 0 Å².